The number of halogens is 2. The van der Waals surface area contributed by atoms with Gasteiger partial charge in [0.05, 0.1) is 6.04 Å². The highest BCUT2D eigenvalue weighted by Gasteiger charge is 2.21. The predicted octanol–water partition coefficient (Wildman–Crippen LogP) is 2.78. The molecule has 0 aliphatic heterocycles. The summed E-state index contributed by atoms with van der Waals surface area (Å²) in [6.45, 7) is 15.2. The van der Waals surface area contributed by atoms with Gasteiger partial charge in [0.2, 0.25) is 5.91 Å². The molecule has 0 saturated heterocycles. The Morgan fingerprint density at radius 3 is 1.95 bits per heavy atom. The van der Waals surface area contributed by atoms with Crippen molar-refractivity contribution in [3.63, 3.8) is 0 Å². The lowest BCUT2D eigenvalue weighted by molar-refractivity contribution is -0.133. The van der Waals surface area contributed by atoms with E-state index in [1.165, 1.54) is 0 Å². The monoisotopic (exact) mass is 343 g/mol. The number of nitrogens with two attached hydrogens (primary N) is 1. The van der Waals surface area contributed by atoms with Crippen molar-refractivity contribution in [1.82, 2.24) is 9.80 Å². The van der Waals surface area contributed by atoms with Crippen LogP contribution in [0, 0.1) is 5.92 Å². The molecule has 0 bridgehead atoms. The van der Waals surface area contributed by atoms with Gasteiger partial charge in [-0.15, -0.1) is 24.8 Å². The van der Waals surface area contributed by atoms with Crippen LogP contribution in [0.4, 0.5) is 0 Å². The van der Waals surface area contributed by atoms with Gasteiger partial charge >= 0.3 is 0 Å². The van der Waals surface area contributed by atoms with Crippen LogP contribution in [0.5, 0.6) is 0 Å². The smallest absolute Gasteiger partial charge is 0.239 e. The van der Waals surface area contributed by atoms with Crippen LogP contribution < -0.4 is 5.73 Å². The van der Waals surface area contributed by atoms with Crippen LogP contribution in [0.15, 0.2) is 0 Å². The number of hydrogen-bond donors (Lipinski definition) is 1. The second-order valence-corrected chi connectivity index (χ2v) is 5.60. The van der Waals surface area contributed by atoms with E-state index in [-0.39, 0.29) is 36.8 Å². The van der Waals surface area contributed by atoms with Crippen LogP contribution >= 0.6 is 24.8 Å². The molecule has 0 aromatic carbocycles. The molecule has 0 fully saturated rings. The normalized spacial score (nSPS) is 11.8. The fourth-order valence-electron chi connectivity index (χ4n) is 2.20. The maximum atomic E-state index is 12.3. The van der Waals surface area contributed by atoms with Crippen molar-refractivity contribution in [3.05, 3.63) is 0 Å². The summed E-state index contributed by atoms with van der Waals surface area (Å²) >= 11 is 0. The number of nitrogens with zero attached hydrogens (tertiary/aromatic N) is 2. The standard InChI is InChI=1S/C15H33N3O.2ClH/c1-6-9-14(16)15(19)18(12-13(4)5)11-10-17(7-2)8-3;;/h13-14H,6-12,16H2,1-5H3;2*1H. The van der Waals surface area contributed by atoms with Crippen LogP contribution in [0.1, 0.15) is 47.5 Å². The number of carbonyl (C=O) groups is 1. The maximum Gasteiger partial charge on any atom is 0.239 e. The van der Waals surface area contributed by atoms with E-state index in [0.717, 1.165) is 45.6 Å². The molecule has 1 amide bonds. The summed E-state index contributed by atoms with van der Waals surface area (Å²) in [6.07, 6.45) is 1.73. The fraction of sp³-hybridized carbons (Fsp3) is 0.933. The van der Waals surface area contributed by atoms with Gasteiger partial charge in [-0.25, -0.2) is 0 Å². The van der Waals surface area contributed by atoms with E-state index >= 15 is 0 Å². The van der Waals surface area contributed by atoms with E-state index < -0.39 is 0 Å². The molecule has 6 heteroatoms. The van der Waals surface area contributed by atoms with Gasteiger partial charge in [-0.05, 0) is 25.4 Å². The van der Waals surface area contributed by atoms with Crippen LogP contribution in [-0.4, -0.2) is 54.5 Å². The first-order chi connectivity index (χ1) is 8.96. The van der Waals surface area contributed by atoms with Gasteiger partial charge in [-0.1, -0.05) is 41.0 Å². The highest BCUT2D eigenvalue weighted by atomic mass is 35.5. The van der Waals surface area contributed by atoms with E-state index in [2.05, 4.69) is 39.5 Å². The maximum absolute atomic E-state index is 12.3. The first kappa shape index (κ1) is 25.9. The first-order valence-corrected chi connectivity index (χ1v) is 7.72. The summed E-state index contributed by atoms with van der Waals surface area (Å²) in [5, 5.41) is 0. The molecular formula is C15H35Cl2N3O. The van der Waals surface area contributed by atoms with Gasteiger partial charge in [0, 0.05) is 19.6 Å². The molecular weight excluding hydrogens is 309 g/mol. The summed E-state index contributed by atoms with van der Waals surface area (Å²) in [5.41, 5.74) is 5.97. The molecule has 1 unspecified atom stereocenters. The molecule has 0 spiro atoms. The van der Waals surface area contributed by atoms with E-state index in [1.54, 1.807) is 0 Å². The average molecular weight is 344 g/mol. The summed E-state index contributed by atoms with van der Waals surface area (Å²) in [4.78, 5) is 16.6. The highest BCUT2D eigenvalue weighted by Crippen LogP contribution is 2.05. The summed E-state index contributed by atoms with van der Waals surface area (Å²) in [5.74, 6) is 0.595. The largest absolute Gasteiger partial charge is 0.340 e. The second-order valence-electron chi connectivity index (χ2n) is 5.60. The topological polar surface area (TPSA) is 49.6 Å². The molecule has 4 nitrogen and oxygen atoms in total. The van der Waals surface area contributed by atoms with E-state index in [9.17, 15) is 4.79 Å². The Balaban J connectivity index is -0.00000162. The Morgan fingerprint density at radius 1 is 1.05 bits per heavy atom. The number of amides is 1. The van der Waals surface area contributed by atoms with Crippen LogP contribution in [0.25, 0.3) is 0 Å². The molecule has 0 heterocycles. The Morgan fingerprint density at radius 2 is 1.57 bits per heavy atom. The Labute approximate surface area is 143 Å². The first-order valence-electron chi connectivity index (χ1n) is 7.72. The lowest BCUT2D eigenvalue weighted by Crippen LogP contribution is -2.47. The molecule has 0 aliphatic rings. The molecule has 0 saturated carbocycles. The van der Waals surface area contributed by atoms with Crippen molar-refractivity contribution >= 4 is 30.7 Å². The molecule has 130 valence electrons. The van der Waals surface area contributed by atoms with Crippen molar-refractivity contribution in [2.45, 2.75) is 53.5 Å². The molecule has 2 N–H and O–H groups in total. The summed E-state index contributed by atoms with van der Waals surface area (Å²) in [7, 11) is 0. The van der Waals surface area contributed by atoms with Gasteiger partial charge in [0.15, 0.2) is 0 Å². The SMILES string of the molecule is CCCC(N)C(=O)N(CCN(CC)CC)CC(C)C.Cl.Cl. The summed E-state index contributed by atoms with van der Waals surface area (Å²) < 4.78 is 0. The number of carbonyl (C=O) groups excluding carboxylic acids is 1. The zero-order valence-corrected chi connectivity index (χ0v) is 15.9. The predicted molar refractivity (Wildman–Crippen MR) is 96.6 cm³/mol. The Hall–Kier alpha value is -0.0300. The third kappa shape index (κ3) is 11.2. The van der Waals surface area contributed by atoms with Crippen LogP contribution in [0.3, 0.4) is 0 Å². The number of hydrogen-bond acceptors (Lipinski definition) is 3. The zero-order chi connectivity index (χ0) is 14.8. The number of likely N-dealkylation sites (N-methyl/N-ethyl adjacent to an activating group) is 1. The van der Waals surface area contributed by atoms with Crippen molar-refractivity contribution in [3.8, 4) is 0 Å². The van der Waals surface area contributed by atoms with Crippen LogP contribution in [-0.2, 0) is 4.79 Å². The Bertz CT molecular complexity index is 249. The van der Waals surface area contributed by atoms with Crippen LogP contribution in [0.2, 0.25) is 0 Å². The quantitative estimate of drug-likeness (QED) is 0.663. The minimum Gasteiger partial charge on any atom is -0.340 e. The Kier molecular flexibility index (Phi) is 18.4. The summed E-state index contributed by atoms with van der Waals surface area (Å²) in [6, 6.07) is -0.333. The molecule has 1 atom stereocenters. The number of rotatable bonds is 10. The molecule has 0 aromatic rings. The van der Waals surface area contributed by atoms with Crippen molar-refractivity contribution in [2.75, 3.05) is 32.7 Å². The van der Waals surface area contributed by atoms with E-state index in [4.69, 9.17) is 5.73 Å². The fourth-order valence-corrected chi connectivity index (χ4v) is 2.20. The third-order valence-electron chi connectivity index (χ3n) is 3.39. The second kappa shape index (κ2) is 14.9. The van der Waals surface area contributed by atoms with Gasteiger partial charge < -0.3 is 15.5 Å². The van der Waals surface area contributed by atoms with Gasteiger partial charge in [-0.3, -0.25) is 4.79 Å². The molecule has 0 radical (unpaired) electrons. The van der Waals surface area contributed by atoms with Crippen molar-refractivity contribution < 1.29 is 4.79 Å². The lowest BCUT2D eigenvalue weighted by Gasteiger charge is -2.29. The molecule has 0 rings (SSSR count). The average Bonchev–Trinajstić information content (AvgIpc) is 2.37. The highest BCUT2D eigenvalue weighted by molar-refractivity contribution is 5.85. The third-order valence-corrected chi connectivity index (χ3v) is 3.39. The van der Waals surface area contributed by atoms with Gasteiger partial charge in [-0.2, -0.15) is 0 Å². The van der Waals surface area contributed by atoms with Crippen molar-refractivity contribution in [1.29, 1.82) is 0 Å². The molecule has 0 aromatic heterocycles. The van der Waals surface area contributed by atoms with E-state index in [1.807, 2.05) is 4.90 Å². The van der Waals surface area contributed by atoms with Gasteiger partial charge in [0.1, 0.15) is 0 Å². The molecule has 0 aliphatic carbocycles. The van der Waals surface area contributed by atoms with Crippen molar-refractivity contribution in [2.24, 2.45) is 11.7 Å². The lowest BCUT2D eigenvalue weighted by atomic mass is 10.1. The molecule has 21 heavy (non-hydrogen) atoms. The zero-order valence-electron chi connectivity index (χ0n) is 14.3. The minimum atomic E-state index is -0.333. The van der Waals surface area contributed by atoms with E-state index in [0.29, 0.717) is 5.92 Å². The van der Waals surface area contributed by atoms with Gasteiger partial charge in [0.25, 0.3) is 0 Å². The minimum absolute atomic E-state index is 0.